The van der Waals surface area contributed by atoms with Crippen LogP contribution in [0.25, 0.3) is 0 Å². The second-order valence-electron chi connectivity index (χ2n) is 6.04. The zero-order chi connectivity index (χ0) is 19.6. The van der Waals surface area contributed by atoms with Gasteiger partial charge < -0.3 is 24.7 Å². The third-order valence-corrected chi connectivity index (χ3v) is 4.56. The number of hydrogen-bond acceptors (Lipinski definition) is 7. The molecule has 0 saturated carbocycles. The highest BCUT2D eigenvalue weighted by atomic mass is 16.5. The van der Waals surface area contributed by atoms with Gasteiger partial charge in [0.25, 0.3) is 0 Å². The van der Waals surface area contributed by atoms with Crippen LogP contribution in [0.1, 0.15) is 36.1 Å². The van der Waals surface area contributed by atoms with Gasteiger partial charge in [0.2, 0.25) is 11.8 Å². The maximum absolute atomic E-state index is 9.80. The molecule has 0 fully saturated rings. The average Bonchev–Trinajstić information content (AvgIpc) is 3.08. The zero-order valence-corrected chi connectivity index (χ0v) is 15.8. The zero-order valence-electron chi connectivity index (χ0n) is 15.8. The van der Waals surface area contributed by atoms with Crippen molar-refractivity contribution in [1.82, 2.24) is 10.2 Å². The van der Waals surface area contributed by atoms with E-state index in [-0.39, 0.29) is 11.5 Å². The van der Waals surface area contributed by atoms with Crippen LogP contribution in [-0.2, 0) is 6.42 Å². The van der Waals surface area contributed by atoms with Crippen molar-refractivity contribution in [2.75, 3.05) is 21.3 Å². The number of ether oxygens (including phenoxy) is 4. The molecule has 3 rings (SSSR count). The summed E-state index contributed by atoms with van der Waals surface area (Å²) in [6, 6.07) is 5.67. The van der Waals surface area contributed by atoms with Gasteiger partial charge >= 0.3 is 0 Å². The minimum Gasteiger partial charge on any atom is -0.496 e. The van der Waals surface area contributed by atoms with E-state index in [9.17, 15) is 5.26 Å². The summed E-state index contributed by atoms with van der Waals surface area (Å²) in [4.78, 5) is 0. The minimum atomic E-state index is -0.533. The van der Waals surface area contributed by atoms with E-state index in [1.807, 2.05) is 0 Å². The predicted octanol–water partition coefficient (Wildman–Crippen LogP) is 2.61. The number of nitrogens with two attached hydrogens (primary N) is 1. The van der Waals surface area contributed by atoms with Crippen LogP contribution < -0.4 is 24.7 Å². The van der Waals surface area contributed by atoms with Gasteiger partial charge in [0.15, 0.2) is 0 Å². The number of aromatic nitrogens is 2. The Balaban J connectivity index is 2.33. The SMILES string of the molecule is CCCc1[nH]nc2c1[C@H](c1c(OC)cc(OC)cc1OC)C(C#N)=C(N)O2. The van der Waals surface area contributed by atoms with Gasteiger partial charge in [0.1, 0.15) is 28.9 Å². The number of allylic oxidation sites excluding steroid dienone is 1. The number of nitrogens with zero attached hydrogens (tertiary/aromatic N) is 2. The molecular weight excluding hydrogens is 348 g/mol. The van der Waals surface area contributed by atoms with Crippen LogP contribution in [0.15, 0.2) is 23.6 Å². The summed E-state index contributed by atoms with van der Waals surface area (Å²) in [5, 5.41) is 17.0. The van der Waals surface area contributed by atoms with E-state index in [0.29, 0.717) is 28.7 Å². The summed E-state index contributed by atoms with van der Waals surface area (Å²) < 4.78 is 22.1. The van der Waals surface area contributed by atoms with Gasteiger partial charge in [0.05, 0.1) is 32.8 Å². The van der Waals surface area contributed by atoms with Crippen molar-refractivity contribution in [3.05, 3.63) is 40.4 Å². The molecule has 1 aromatic carbocycles. The van der Waals surface area contributed by atoms with E-state index in [1.165, 1.54) is 0 Å². The van der Waals surface area contributed by atoms with Crippen LogP contribution in [-0.4, -0.2) is 31.5 Å². The number of nitrogens with one attached hydrogen (secondary N) is 1. The predicted molar refractivity (Wildman–Crippen MR) is 98.0 cm³/mol. The Kier molecular flexibility index (Phi) is 5.12. The molecule has 0 aliphatic carbocycles. The number of fused-ring (bicyclic) bond motifs is 1. The molecule has 8 heteroatoms. The molecule has 1 aliphatic heterocycles. The summed E-state index contributed by atoms with van der Waals surface area (Å²) in [7, 11) is 4.67. The topological polar surface area (TPSA) is 115 Å². The molecule has 0 amide bonds. The summed E-state index contributed by atoms with van der Waals surface area (Å²) in [5.74, 6) is 1.47. The highest BCUT2D eigenvalue weighted by Crippen LogP contribution is 2.50. The Morgan fingerprint density at radius 1 is 1.19 bits per heavy atom. The lowest BCUT2D eigenvalue weighted by Gasteiger charge is -2.27. The van der Waals surface area contributed by atoms with Crippen LogP contribution >= 0.6 is 0 Å². The van der Waals surface area contributed by atoms with E-state index < -0.39 is 5.92 Å². The normalized spacial score (nSPS) is 15.6. The van der Waals surface area contributed by atoms with Crippen LogP contribution in [0, 0.1) is 11.3 Å². The molecule has 1 aliphatic rings. The molecule has 0 unspecified atom stereocenters. The molecule has 0 bridgehead atoms. The maximum atomic E-state index is 9.80. The Bertz CT molecular complexity index is 901. The summed E-state index contributed by atoms with van der Waals surface area (Å²) in [6.45, 7) is 2.07. The van der Waals surface area contributed by atoms with Crippen LogP contribution in [0.5, 0.6) is 23.1 Å². The first-order valence-corrected chi connectivity index (χ1v) is 8.54. The summed E-state index contributed by atoms with van der Waals surface area (Å²) >= 11 is 0. The summed E-state index contributed by atoms with van der Waals surface area (Å²) in [5.41, 5.74) is 8.63. The van der Waals surface area contributed by atoms with Crippen molar-refractivity contribution in [2.24, 2.45) is 5.73 Å². The Morgan fingerprint density at radius 2 is 1.85 bits per heavy atom. The summed E-state index contributed by atoms with van der Waals surface area (Å²) in [6.07, 6.45) is 1.65. The third kappa shape index (κ3) is 3.01. The van der Waals surface area contributed by atoms with Gasteiger partial charge in [-0.25, -0.2) is 0 Å². The molecule has 2 heterocycles. The van der Waals surface area contributed by atoms with E-state index in [4.69, 9.17) is 24.7 Å². The van der Waals surface area contributed by atoms with Crippen LogP contribution in [0.3, 0.4) is 0 Å². The highest BCUT2D eigenvalue weighted by molar-refractivity contribution is 5.63. The van der Waals surface area contributed by atoms with Gasteiger partial charge in [-0.3, -0.25) is 5.10 Å². The minimum absolute atomic E-state index is 0.0180. The Morgan fingerprint density at radius 3 is 2.37 bits per heavy atom. The molecular formula is C19H22N4O4. The molecule has 0 radical (unpaired) electrons. The Hall–Kier alpha value is -3.34. The quantitative estimate of drug-likeness (QED) is 0.803. The van der Waals surface area contributed by atoms with Gasteiger partial charge in [-0.2, -0.15) is 5.26 Å². The number of benzene rings is 1. The van der Waals surface area contributed by atoms with Crippen LogP contribution in [0.2, 0.25) is 0 Å². The van der Waals surface area contributed by atoms with Crippen molar-refractivity contribution in [1.29, 1.82) is 5.26 Å². The number of nitriles is 1. The lowest BCUT2D eigenvalue weighted by Crippen LogP contribution is -2.22. The van der Waals surface area contributed by atoms with E-state index in [1.54, 1.807) is 33.5 Å². The van der Waals surface area contributed by atoms with Crippen LogP contribution in [0.4, 0.5) is 0 Å². The smallest absolute Gasteiger partial charge is 0.244 e. The fraction of sp³-hybridized carbons (Fsp3) is 0.368. The van der Waals surface area contributed by atoms with Crippen molar-refractivity contribution >= 4 is 0 Å². The highest BCUT2D eigenvalue weighted by Gasteiger charge is 2.38. The molecule has 0 spiro atoms. The fourth-order valence-electron chi connectivity index (χ4n) is 3.36. The van der Waals surface area contributed by atoms with E-state index >= 15 is 0 Å². The lowest BCUT2D eigenvalue weighted by molar-refractivity contribution is 0.358. The second-order valence-corrected chi connectivity index (χ2v) is 6.04. The maximum Gasteiger partial charge on any atom is 0.244 e. The molecule has 1 atom stereocenters. The van der Waals surface area contributed by atoms with Crippen molar-refractivity contribution in [3.63, 3.8) is 0 Å². The molecule has 27 heavy (non-hydrogen) atoms. The molecule has 142 valence electrons. The molecule has 3 N–H and O–H groups in total. The second kappa shape index (κ2) is 7.50. The Labute approximate surface area is 157 Å². The van der Waals surface area contributed by atoms with Gasteiger partial charge in [-0.15, -0.1) is 5.10 Å². The molecule has 0 saturated heterocycles. The number of aromatic amines is 1. The number of aryl methyl sites for hydroxylation is 1. The first kappa shape index (κ1) is 18.5. The number of H-pyrrole nitrogens is 1. The number of methoxy groups -OCH3 is 3. The van der Waals surface area contributed by atoms with Crippen molar-refractivity contribution < 1.29 is 18.9 Å². The van der Waals surface area contributed by atoms with Gasteiger partial charge in [0, 0.05) is 23.4 Å². The molecule has 1 aromatic heterocycles. The van der Waals surface area contributed by atoms with Crippen molar-refractivity contribution in [3.8, 4) is 29.2 Å². The fourth-order valence-corrected chi connectivity index (χ4v) is 3.36. The number of hydrogen-bond donors (Lipinski definition) is 2. The number of rotatable bonds is 6. The largest absolute Gasteiger partial charge is 0.496 e. The van der Waals surface area contributed by atoms with Gasteiger partial charge in [-0.05, 0) is 6.42 Å². The lowest BCUT2D eigenvalue weighted by atomic mass is 9.82. The van der Waals surface area contributed by atoms with E-state index in [0.717, 1.165) is 24.1 Å². The molecule has 2 aromatic rings. The first-order chi connectivity index (χ1) is 13.1. The third-order valence-electron chi connectivity index (χ3n) is 4.56. The average molecular weight is 370 g/mol. The van der Waals surface area contributed by atoms with Gasteiger partial charge in [-0.1, -0.05) is 13.3 Å². The monoisotopic (exact) mass is 370 g/mol. The standard InChI is InChI=1S/C19H22N4O4/c1-5-6-12-16-15(11(9-20)18(21)27-19(16)23-22-12)17-13(25-3)7-10(24-2)8-14(17)26-4/h7-8,15H,5-6,21H2,1-4H3,(H,22,23)/t15-/m1/s1. The van der Waals surface area contributed by atoms with E-state index in [2.05, 4.69) is 23.2 Å². The van der Waals surface area contributed by atoms with Crippen molar-refractivity contribution in [2.45, 2.75) is 25.7 Å². The molecule has 8 nitrogen and oxygen atoms in total. The first-order valence-electron chi connectivity index (χ1n) is 8.54.